The van der Waals surface area contributed by atoms with Crippen molar-refractivity contribution in [3.8, 4) is 5.75 Å². The molecule has 0 saturated carbocycles. The molecule has 186 valence electrons. The molecule has 12 heteroatoms. The summed E-state index contributed by atoms with van der Waals surface area (Å²) in [6, 6.07) is 12.5. The van der Waals surface area contributed by atoms with Gasteiger partial charge in [-0.1, -0.05) is 19.1 Å². The van der Waals surface area contributed by atoms with Gasteiger partial charge in [-0.05, 0) is 40.2 Å². The van der Waals surface area contributed by atoms with Crippen LogP contribution in [0.1, 0.15) is 6.92 Å². The Morgan fingerprint density at radius 2 is 1.89 bits per heavy atom. The Kier molecular flexibility index (Phi) is 8.06. The minimum absolute atomic E-state index is 0.127. The minimum Gasteiger partial charge on any atom is -0.494 e. The molecule has 2 aromatic carbocycles. The summed E-state index contributed by atoms with van der Waals surface area (Å²) in [7, 11) is -2.06. The Morgan fingerprint density at radius 1 is 1.11 bits per heavy atom. The maximum absolute atomic E-state index is 12.6. The average Bonchev–Trinajstić information content (AvgIpc) is 2.87. The fraction of sp³-hybridized carbons (Fsp3) is 0.304. The van der Waals surface area contributed by atoms with Gasteiger partial charge in [0.15, 0.2) is 0 Å². The van der Waals surface area contributed by atoms with E-state index >= 15 is 0 Å². The highest BCUT2D eigenvalue weighted by atomic mass is 79.9. The molecule has 0 aliphatic carbocycles. The van der Waals surface area contributed by atoms with Gasteiger partial charge in [0.1, 0.15) is 16.5 Å². The number of ether oxygens (including phenoxy) is 2. The third kappa shape index (κ3) is 6.01. The van der Waals surface area contributed by atoms with Crippen molar-refractivity contribution in [2.75, 3.05) is 55.5 Å². The van der Waals surface area contributed by atoms with Crippen LogP contribution < -0.4 is 25.0 Å². The van der Waals surface area contributed by atoms with Crippen molar-refractivity contribution in [2.24, 2.45) is 0 Å². The molecule has 4 rings (SSSR count). The van der Waals surface area contributed by atoms with Crippen LogP contribution in [0.5, 0.6) is 5.75 Å². The predicted molar refractivity (Wildman–Crippen MR) is 140 cm³/mol. The van der Waals surface area contributed by atoms with Gasteiger partial charge in [-0.15, -0.1) is 0 Å². The van der Waals surface area contributed by atoms with E-state index in [1.54, 1.807) is 38.4 Å². The number of methoxy groups -OCH3 is 1. The maximum Gasteiger partial charge on any atom is 0.242 e. The monoisotopic (exact) mass is 562 g/mol. The zero-order valence-electron chi connectivity index (χ0n) is 19.4. The van der Waals surface area contributed by atoms with Gasteiger partial charge in [0, 0.05) is 37.6 Å². The lowest BCUT2D eigenvalue weighted by Crippen LogP contribution is -2.36. The number of anilines is 5. The number of rotatable bonds is 9. The van der Waals surface area contributed by atoms with Crippen LogP contribution in [0.3, 0.4) is 0 Å². The largest absolute Gasteiger partial charge is 0.494 e. The number of sulfonamides is 1. The fourth-order valence-corrected chi connectivity index (χ4v) is 5.13. The zero-order chi connectivity index (χ0) is 24.8. The maximum atomic E-state index is 12.6. The molecule has 0 atom stereocenters. The number of para-hydroxylation sites is 1. The van der Waals surface area contributed by atoms with Crippen molar-refractivity contribution in [3.63, 3.8) is 0 Å². The summed E-state index contributed by atoms with van der Waals surface area (Å²) in [6.07, 6.45) is 1.59. The molecular weight excluding hydrogens is 536 g/mol. The van der Waals surface area contributed by atoms with E-state index in [1.165, 1.54) is 6.07 Å². The fourth-order valence-electron chi connectivity index (χ4n) is 3.64. The summed E-state index contributed by atoms with van der Waals surface area (Å²) in [5.41, 5.74) is 2.15. The van der Waals surface area contributed by atoms with Crippen LogP contribution in [0.25, 0.3) is 0 Å². The first-order valence-corrected chi connectivity index (χ1v) is 13.3. The van der Waals surface area contributed by atoms with Crippen LogP contribution in [-0.2, 0) is 14.8 Å². The molecule has 0 unspecified atom stereocenters. The summed E-state index contributed by atoms with van der Waals surface area (Å²) < 4.78 is 39.4. The van der Waals surface area contributed by atoms with E-state index in [9.17, 15) is 8.42 Å². The molecule has 1 fully saturated rings. The van der Waals surface area contributed by atoms with Gasteiger partial charge in [0.05, 0.1) is 36.2 Å². The standard InChI is InChI=1S/C23H27BrN6O4S/c1-3-26-35(31,32)21-7-5-4-6-19(21)27-22-17(24)15-25-23(29-22)28-18-9-8-16(14-20(18)33-2)30-10-12-34-13-11-30/h4-9,14-15,26H,3,10-13H2,1-2H3,(H2,25,27,28,29). The first-order chi connectivity index (χ1) is 16.9. The third-order valence-electron chi connectivity index (χ3n) is 5.32. The van der Waals surface area contributed by atoms with Crippen LogP contribution in [0.4, 0.5) is 28.8 Å². The van der Waals surface area contributed by atoms with Crippen LogP contribution in [0, 0.1) is 0 Å². The van der Waals surface area contributed by atoms with Crippen molar-refractivity contribution in [2.45, 2.75) is 11.8 Å². The molecule has 35 heavy (non-hydrogen) atoms. The summed E-state index contributed by atoms with van der Waals surface area (Å²) in [5, 5.41) is 6.30. The van der Waals surface area contributed by atoms with Crippen LogP contribution in [-0.4, -0.2) is 58.3 Å². The van der Waals surface area contributed by atoms with E-state index in [4.69, 9.17) is 9.47 Å². The molecule has 0 radical (unpaired) electrons. The highest BCUT2D eigenvalue weighted by molar-refractivity contribution is 9.10. The van der Waals surface area contributed by atoms with Crippen LogP contribution in [0.15, 0.2) is 58.0 Å². The lowest BCUT2D eigenvalue weighted by atomic mass is 10.2. The number of nitrogens with one attached hydrogen (secondary N) is 3. The molecule has 1 saturated heterocycles. The van der Waals surface area contributed by atoms with E-state index in [0.717, 1.165) is 18.8 Å². The zero-order valence-corrected chi connectivity index (χ0v) is 21.8. The van der Waals surface area contributed by atoms with Gasteiger partial charge >= 0.3 is 0 Å². The summed E-state index contributed by atoms with van der Waals surface area (Å²) >= 11 is 3.44. The summed E-state index contributed by atoms with van der Waals surface area (Å²) in [4.78, 5) is 11.3. The third-order valence-corrected chi connectivity index (χ3v) is 7.50. The van der Waals surface area contributed by atoms with E-state index in [0.29, 0.717) is 46.6 Å². The first-order valence-electron chi connectivity index (χ1n) is 11.1. The van der Waals surface area contributed by atoms with Crippen molar-refractivity contribution >= 4 is 54.8 Å². The Morgan fingerprint density at radius 3 is 2.63 bits per heavy atom. The van der Waals surface area contributed by atoms with E-state index in [2.05, 4.69) is 46.2 Å². The molecular formula is C23H27BrN6O4S. The van der Waals surface area contributed by atoms with Crippen molar-refractivity contribution < 1.29 is 17.9 Å². The molecule has 1 aliphatic heterocycles. The molecule has 3 aromatic rings. The van der Waals surface area contributed by atoms with Gasteiger partial charge in [0.25, 0.3) is 0 Å². The lowest BCUT2D eigenvalue weighted by molar-refractivity contribution is 0.122. The molecule has 10 nitrogen and oxygen atoms in total. The van der Waals surface area contributed by atoms with E-state index < -0.39 is 10.0 Å². The molecule has 1 aliphatic rings. The second kappa shape index (κ2) is 11.2. The Bertz CT molecular complexity index is 1280. The number of aromatic nitrogens is 2. The normalized spacial score (nSPS) is 14.0. The topological polar surface area (TPSA) is 118 Å². The van der Waals surface area contributed by atoms with Crippen LogP contribution >= 0.6 is 15.9 Å². The SMILES string of the molecule is CCNS(=O)(=O)c1ccccc1Nc1nc(Nc2ccc(N3CCOCC3)cc2OC)ncc1Br. The lowest BCUT2D eigenvalue weighted by Gasteiger charge is -2.29. The molecule has 0 amide bonds. The number of nitrogens with zero attached hydrogens (tertiary/aromatic N) is 3. The Hall–Kier alpha value is -2.93. The molecule has 0 spiro atoms. The molecule has 0 bridgehead atoms. The van der Waals surface area contributed by atoms with Gasteiger partial charge in [-0.2, -0.15) is 4.98 Å². The smallest absolute Gasteiger partial charge is 0.242 e. The minimum atomic E-state index is -3.67. The molecule has 1 aromatic heterocycles. The van der Waals surface area contributed by atoms with Crippen LogP contribution in [0.2, 0.25) is 0 Å². The second-order valence-electron chi connectivity index (χ2n) is 7.62. The highest BCUT2D eigenvalue weighted by Gasteiger charge is 2.19. The highest BCUT2D eigenvalue weighted by Crippen LogP contribution is 2.33. The van der Waals surface area contributed by atoms with Crippen molar-refractivity contribution in [1.82, 2.24) is 14.7 Å². The number of hydrogen-bond donors (Lipinski definition) is 3. The van der Waals surface area contributed by atoms with E-state index in [1.807, 2.05) is 18.2 Å². The first kappa shape index (κ1) is 25.2. The average molecular weight is 563 g/mol. The second-order valence-corrected chi connectivity index (χ2v) is 10.2. The number of halogens is 1. The quantitative estimate of drug-likeness (QED) is 0.357. The summed E-state index contributed by atoms with van der Waals surface area (Å²) in [5.74, 6) is 1.38. The van der Waals surface area contributed by atoms with Gasteiger partial charge in [-0.25, -0.2) is 18.1 Å². The van der Waals surface area contributed by atoms with Gasteiger partial charge in [-0.3, -0.25) is 0 Å². The van der Waals surface area contributed by atoms with Crippen molar-refractivity contribution in [1.29, 1.82) is 0 Å². The number of benzene rings is 2. The number of hydrogen-bond acceptors (Lipinski definition) is 9. The number of morpholine rings is 1. The van der Waals surface area contributed by atoms with Gasteiger partial charge < -0.3 is 25.0 Å². The molecule has 2 heterocycles. The Labute approximate surface area is 213 Å². The molecule has 3 N–H and O–H groups in total. The predicted octanol–water partition coefficient (Wildman–Crippen LogP) is 3.87. The Balaban J connectivity index is 1.58. The van der Waals surface area contributed by atoms with Gasteiger partial charge in [0.2, 0.25) is 16.0 Å². The van der Waals surface area contributed by atoms with E-state index in [-0.39, 0.29) is 11.4 Å². The summed E-state index contributed by atoms with van der Waals surface area (Å²) in [6.45, 7) is 5.06. The van der Waals surface area contributed by atoms with Crippen molar-refractivity contribution in [3.05, 3.63) is 53.1 Å².